The number of rotatable bonds is 5. The number of hydrogen-bond donors (Lipinski definition) is 3. The van der Waals surface area contributed by atoms with Crippen LogP contribution in [-0.2, 0) is 4.79 Å². The average molecular weight is 384 g/mol. The lowest BCUT2D eigenvalue weighted by Crippen LogP contribution is -2.32. The number of benzene rings is 2. The third kappa shape index (κ3) is 3.91. The first-order valence-electron chi connectivity index (χ1n) is 8.00. The predicted octanol–water partition coefficient (Wildman–Crippen LogP) is 3.93. The second-order valence-electron chi connectivity index (χ2n) is 5.91. The number of amides is 1. The zero-order valence-electron chi connectivity index (χ0n) is 14.3. The van der Waals surface area contributed by atoms with Gasteiger partial charge in [0, 0.05) is 23.0 Å². The minimum Gasteiger partial charge on any atom is -0.374 e. The lowest BCUT2D eigenvalue weighted by Gasteiger charge is -2.15. The van der Waals surface area contributed by atoms with Crippen LogP contribution in [0.2, 0.25) is 5.02 Å². The molecule has 1 atom stereocenters. The van der Waals surface area contributed by atoms with Gasteiger partial charge in [-0.3, -0.25) is 9.78 Å². The van der Waals surface area contributed by atoms with E-state index >= 15 is 0 Å². The van der Waals surface area contributed by atoms with E-state index in [1.54, 1.807) is 25.1 Å². The largest absolute Gasteiger partial charge is 0.374 e. The van der Waals surface area contributed by atoms with Crippen molar-refractivity contribution in [3.8, 4) is 6.07 Å². The van der Waals surface area contributed by atoms with Gasteiger partial charge in [0.05, 0.1) is 21.8 Å². The summed E-state index contributed by atoms with van der Waals surface area (Å²) in [6, 6.07) is 11.0. The van der Waals surface area contributed by atoms with E-state index in [1.807, 2.05) is 0 Å². The first-order chi connectivity index (χ1) is 12.9. The van der Waals surface area contributed by atoms with Crippen LogP contribution < -0.4 is 16.4 Å². The Morgan fingerprint density at radius 3 is 2.70 bits per heavy atom. The molecule has 0 radical (unpaired) electrons. The summed E-state index contributed by atoms with van der Waals surface area (Å²) in [5.74, 6) is -1.02. The van der Waals surface area contributed by atoms with E-state index in [2.05, 4.69) is 21.7 Å². The zero-order valence-corrected chi connectivity index (χ0v) is 15.0. The van der Waals surface area contributed by atoms with Gasteiger partial charge < -0.3 is 16.4 Å². The number of nitrogens with two attached hydrogens (primary N) is 1. The van der Waals surface area contributed by atoms with E-state index in [1.165, 1.54) is 24.4 Å². The Morgan fingerprint density at radius 2 is 2.04 bits per heavy atom. The van der Waals surface area contributed by atoms with Gasteiger partial charge in [0.25, 0.3) is 0 Å². The molecule has 0 spiro atoms. The highest BCUT2D eigenvalue weighted by atomic mass is 35.5. The van der Waals surface area contributed by atoms with Crippen molar-refractivity contribution in [1.29, 1.82) is 5.26 Å². The molecule has 6 nitrogen and oxygen atoms in total. The molecule has 0 fully saturated rings. The molecule has 0 aliphatic carbocycles. The van der Waals surface area contributed by atoms with Crippen molar-refractivity contribution < 1.29 is 9.18 Å². The summed E-state index contributed by atoms with van der Waals surface area (Å²) in [5, 5.41) is 16.2. The molecule has 27 heavy (non-hydrogen) atoms. The van der Waals surface area contributed by atoms with Crippen LogP contribution in [0.25, 0.3) is 10.9 Å². The van der Waals surface area contributed by atoms with Gasteiger partial charge in [-0.05, 0) is 43.3 Å². The van der Waals surface area contributed by atoms with Gasteiger partial charge in [-0.25, -0.2) is 4.39 Å². The number of primary amides is 1. The number of nitrogens with one attached hydrogen (secondary N) is 2. The number of hydrogen-bond acceptors (Lipinski definition) is 5. The van der Waals surface area contributed by atoms with Crippen molar-refractivity contribution in [1.82, 2.24) is 4.98 Å². The van der Waals surface area contributed by atoms with Crippen LogP contribution in [0.15, 0.2) is 42.6 Å². The lowest BCUT2D eigenvalue weighted by molar-refractivity contribution is -0.118. The van der Waals surface area contributed by atoms with Crippen molar-refractivity contribution in [3.05, 3.63) is 59.0 Å². The summed E-state index contributed by atoms with van der Waals surface area (Å²) < 4.78 is 13.4. The summed E-state index contributed by atoms with van der Waals surface area (Å²) in [6.45, 7) is 1.65. The smallest absolute Gasteiger partial charge is 0.239 e. The predicted molar refractivity (Wildman–Crippen MR) is 103 cm³/mol. The van der Waals surface area contributed by atoms with Gasteiger partial charge in [-0.2, -0.15) is 5.26 Å². The quantitative estimate of drug-likeness (QED) is 0.619. The Hall–Kier alpha value is -3.37. The summed E-state index contributed by atoms with van der Waals surface area (Å²) in [7, 11) is 0. The van der Waals surface area contributed by atoms with E-state index in [4.69, 9.17) is 17.3 Å². The highest BCUT2D eigenvalue weighted by Gasteiger charge is 2.13. The van der Waals surface area contributed by atoms with Gasteiger partial charge in [0.15, 0.2) is 0 Å². The first-order valence-corrected chi connectivity index (χ1v) is 8.37. The van der Waals surface area contributed by atoms with Crippen molar-refractivity contribution in [2.75, 3.05) is 10.6 Å². The third-order valence-electron chi connectivity index (χ3n) is 3.99. The maximum Gasteiger partial charge on any atom is 0.239 e. The number of fused-ring (bicyclic) bond motifs is 1. The number of nitrogens with zero attached hydrogens (tertiary/aromatic N) is 2. The standard InChI is InChI=1S/C19H15ClFN5O/c1-10(19(23)27)25-12-3-5-17-14(6-12)18(11(8-22)9-24-17)26-13-2-4-16(21)15(20)7-13/h2-7,9-10,25H,1H3,(H2,23,27)(H,24,26). The Labute approximate surface area is 159 Å². The van der Waals surface area contributed by atoms with Crippen LogP contribution in [0.1, 0.15) is 12.5 Å². The fraction of sp³-hybridized carbons (Fsp3) is 0.105. The summed E-state index contributed by atoms with van der Waals surface area (Å²) >= 11 is 5.84. The van der Waals surface area contributed by atoms with Crippen LogP contribution in [0.5, 0.6) is 0 Å². The normalized spacial score (nSPS) is 11.6. The SMILES string of the molecule is CC(Nc1ccc2ncc(C#N)c(Nc3ccc(F)c(Cl)c3)c2c1)C(N)=O. The van der Waals surface area contributed by atoms with E-state index < -0.39 is 17.8 Å². The maximum atomic E-state index is 13.4. The Kier molecular flexibility index (Phi) is 5.10. The van der Waals surface area contributed by atoms with Crippen LogP contribution in [0.4, 0.5) is 21.5 Å². The number of carbonyl (C=O) groups excluding carboxylic acids is 1. The van der Waals surface area contributed by atoms with E-state index in [9.17, 15) is 14.4 Å². The van der Waals surface area contributed by atoms with Gasteiger partial charge in [0.2, 0.25) is 5.91 Å². The molecule has 1 aromatic heterocycles. The minimum absolute atomic E-state index is 0.0329. The summed E-state index contributed by atoms with van der Waals surface area (Å²) in [4.78, 5) is 15.6. The molecule has 0 saturated heterocycles. The van der Waals surface area contributed by atoms with Crippen molar-refractivity contribution in [3.63, 3.8) is 0 Å². The molecular weight excluding hydrogens is 369 g/mol. The third-order valence-corrected chi connectivity index (χ3v) is 4.28. The molecule has 8 heteroatoms. The van der Waals surface area contributed by atoms with Gasteiger partial charge in [-0.15, -0.1) is 0 Å². The fourth-order valence-corrected chi connectivity index (χ4v) is 2.72. The van der Waals surface area contributed by atoms with E-state index in [-0.39, 0.29) is 5.02 Å². The Balaban J connectivity index is 2.09. The molecule has 3 rings (SSSR count). The Bertz CT molecular complexity index is 1080. The molecule has 1 heterocycles. The van der Waals surface area contributed by atoms with Crippen molar-refractivity contribution in [2.24, 2.45) is 5.73 Å². The molecule has 2 aromatic carbocycles. The lowest BCUT2D eigenvalue weighted by atomic mass is 10.1. The fourth-order valence-electron chi connectivity index (χ4n) is 2.54. The molecule has 136 valence electrons. The topological polar surface area (TPSA) is 104 Å². The number of anilines is 3. The summed E-state index contributed by atoms with van der Waals surface area (Å²) in [6.07, 6.45) is 1.45. The molecule has 0 aliphatic rings. The van der Waals surface area contributed by atoms with Crippen LogP contribution in [-0.4, -0.2) is 16.9 Å². The molecule has 1 amide bonds. The average Bonchev–Trinajstić information content (AvgIpc) is 2.65. The van der Waals surface area contributed by atoms with Gasteiger partial charge >= 0.3 is 0 Å². The maximum absolute atomic E-state index is 13.4. The van der Waals surface area contributed by atoms with E-state index in [0.29, 0.717) is 33.5 Å². The van der Waals surface area contributed by atoms with Gasteiger partial charge in [-0.1, -0.05) is 11.6 Å². The summed E-state index contributed by atoms with van der Waals surface area (Å²) in [5.41, 5.74) is 7.90. The molecular formula is C19H15ClFN5O. The highest BCUT2D eigenvalue weighted by molar-refractivity contribution is 6.31. The van der Waals surface area contributed by atoms with E-state index in [0.717, 1.165) is 0 Å². The first kappa shape index (κ1) is 18.4. The van der Waals surface area contributed by atoms with Gasteiger partial charge in [0.1, 0.15) is 17.9 Å². The molecule has 0 aliphatic heterocycles. The number of pyridine rings is 1. The monoisotopic (exact) mass is 383 g/mol. The van der Waals surface area contributed by atoms with Crippen molar-refractivity contribution >= 4 is 45.5 Å². The highest BCUT2D eigenvalue weighted by Crippen LogP contribution is 2.32. The second kappa shape index (κ2) is 7.48. The number of carbonyl (C=O) groups is 1. The molecule has 0 saturated carbocycles. The minimum atomic E-state index is -0.568. The van der Waals surface area contributed by atoms with Crippen LogP contribution >= 0.6 is 11.6 Å². The molecule has 1 unspecified atom stereocenters. The molecule has 4 N–H and O–H groups in total. The number of halogens is 2. The Morgan fingerprint density at radius 1 is 1.30 bits per heavy atom. The number of aromatic nitrogens is 1. The zero-order chi connectivity index (χ0) is 19.6. The molecule has 0 bridgehead atoms. The second-order valence-corrected chi connectivity index (χ2v) is 6.32. The number of nitriles is 1. The molecule has 3 aromatic rings. The van der Waals surface area contributed by atoms with Crippen LogP contribution in [0.3, 0.4) is 0 Å². The van der Waals surface area contributed by atoms with Crippen LogP contribution in [0, 0.1) is 17.1 Å². The van der Waals surface area contributed by atoms with Crippen molar-refractivity contribution in [2.45, 2.75) is 13.0 Å².